The Kier molecular flexibility index (Phi) is 7.77. The van der Waals surface area contributed by atoms with E-state index < -0.39 is 0 Å². The highest BCUT2D eigenvalue weighted by Gasteiger charge is 2.17. The van der Waals surface area contributed by atoms with Gasteiger partial charge in [-0.15, -0.1) is 24.0 Å². The number of nitrogens with zero attached hydrogens (tertiary/aromatic N) is 4. The van der Waals surface area contributed by atoms with Crippen molar-refractivity contribution in [2.45, 2.75) is 20.0 Å². The number of halogens is 1. The smallest absolute Gasteiger partial charge is 0.194 e. The summed E-state index contributed by atoms with van der Waals surface area (Å²) < 4.78 is 0. The van der Waals surface area contributed by atoms with Crippen LogP contribution in [0.4, 0.5) is 0 Å². The van der Waals surface area contributed by atoms with Gasteiger partial charge in [0.2, 0.25) is 0 Å². The molecule has 6 heteroatoms. The molecule has 0 saturated carbocycles. The van der Waals surface area contributed by atoms with E-state index in [4.69, 9.17) is 0 Å². The Balaban J connectivity index is 0.00000208. The molecule has 3 rings (SSSR count). The first-order chi connectivity index (χ1) is 11.3. The van der Waals surface area contributed by atoms with E-state index in [9.17, 15) is 0 Å². The number of guanidine groups is 1. The van der Waals surface area contributed by atoms with Crippen LogP contribution in [0.15, 0.2) is 29.3 Å². The van der Waals surface area contributed by atoms with Gasteiger partial charge in [0.05, 0.1) is 6.54 Å². The zero-order valence-corrected chi connectivity index (χ0v) is 17.2. The largest absolute Gasteiger partial charge is 0.352 e. The number of rotatable bonds is 5. The molecule has 2 aliphatic rings. The van der Waals surface area contributed by atoms with E-state index in [1.165, 1.54) is 43.9 Å². The lowest BCUT2D eigenvalue weighted by Crippen LogP contribution is -2.45. The molecule has 1 aromatic carbocycles. The van der Waals surface area contributed by atoms with E-state index in [0.717, 1.165) is 32.1 Å². The minimum atomic E-state index is 0. The van der Waals surface area contributed by atoms with E-state index in [0.29, 0.717) is 0 Å². The normalized spacial score (nSPS) is 19.1. The summed E-state index contributed by atoms with van der Waals surface area (Å²) in [5.41, 5.74) is 2.82. The van der Waals surface area contributed by atoms with Crippen molar-refractivity contribution in [3.63, 3.8) is 0 Å². The van der Waals surface area contributed by atoms with Crippen LogP contribution in [0.5, 0.6) is 0 Å². The Morgan fingerprint density at radius 2 is 1.67 bits per heavy atom. The number of benzene rings is 1. The minimum absolute atomic E-state index is 0. The average molecular weight is 443 g/mol. The highest BCUT2D eigenvalue weighted by Crippen LogP contribution is 2.14. The predicted molar refractivity (Wildman–Crippen MR) is 111 cm³/mol. The predicted octanol–water partition coefficient (Wildman–Crippen LogP) is 1.83. The number of aliphatic imine (C=N–C) groups is 1. The minimum Gasteiger partial charge on any atom is -0.352 e. The van der Waals surface area contributed by atoms with Crippen molar-refractivity contribution in [2.75, 3.05) is 52.9 Å². The summed E-state index contributed by atoms with van der Waals surface area (Å²) in [6.07, 6.45) is 0. The Hall–Kier alpha value is -0.860. The van der Waals surface area contributed by atoms with Gasteiger partial charge in [-0.2, -0.15) is 0 Å². The molecule has 24 heavy (non-hydrogen) atoms. The molecule has 0 unspecified atom stereocenters. The Morgan fingerprint density at radius 1 is 1.00 bits per heavy atom. The maximum Gasteiger partial charge on any atom is 0.194 e. The fraction of sp³-hybridized carbons (Fsp3) is 0.611. The van der Waals surface area contributed by atoms with Crippen LogP contribution in [-0.2, 0) is 13.1 Å². The third-order valence-electron chi connectivity index (χ3n) is 4.92. The van der Waals surface area contributed by atoms with E-state index in [1.807, 2.05) is 0 Å². The number of likely N-dealkylation sites (N-methyl/N-ethyl adjacent to an activating group) is 2. The van der Waals surface area contributed by atoms with Gasteiger partial charge in [-0.05, 0) is 17.7 Å². The maximum absolute atomic E-state index is 4.51. The van der Waals surface area contributed by atoms with Gasteiger partial charge in [-0.25, -0.2) is 0 Å². The molecule has 1 aromatic rings. The van der Waals surface area contributed by atoms with Crippen LogP contribution in [-0.4, -0.2) is 73.5 Å². The fourth-order valence-electron chi connectivity index (χ4n) is 3.29. The van der Waals surface area contributed by atoms with Crippen molar-refractivity contribution >= 4 is 29.9 Å². The van der Waals surface area contributed by atoms with Gasteiger partial charge in [0, 0.05) is 52.9 Å². The molecule has 2 heterocycles. The zero-order chi connectivity index (χ0) is 16.1. The second-order valence-corrected chi connectivity index (χ2v) is 6.46. The first-order valence-corrected chi connectivity index (χ1v) is 8.77. The lowest BCUT2D eigenvalue weighted by atomic mass is 10.1. The molecule has 0 radical (unpaired) electrons. The first-order valence-electron chi connectivity index (χ1n) is 8.77. The van der Waals surface area contributed by atoms with Crippen LogP contribution in [0.3, 0.4) is 0 Å². The van der Waals surface area contributed by atoms with Crippen molar-refractivity contribution in [1.82, 2.24) is 20.0 Å². The van der Waals surface area contributed by atoms with Crippen LogP contribution in [0.2, 0.25) is 0 Å². The molecule has 1 saturated heterocycles. The standard InChI is InChI=1S/C18H29N5.HI/c1-3-22-10-12-23(13-11-22)15-17-7-5-4-6-16(17)14-20-18-19-8-9-21(18)2;/h4-7H,3,8-15H2,1-2H3,(H,19,20);1H. The van der Waals surface area contributed by atoms with E-state index in [2.05, 4.69) is 63.2 Å². The average Bonchev–Trinajstić information content (AvgIpc) is 3.00. The lowest BCUT2D eigenvalue weighted by molar-refractivity contribution is 0.131. The van der Waals surface area contributed by atoms with Crippen LogP contribution < -0.4 is 5.32 Å². The molecule has 0 aliphatic carbocycles. The summed E-state index contributed by atoms with van der Waals surface area (Å²) in [6, 6.07) is 8.79. The third kappa shape index (κ3) is 5.07. The van der Waals surface area contributed by atoms with Crippen LogP contribution in [0.25, 0.3) is 0 Å². The second-order valence-electron chi connectivity index (χ2n) is 6.46. The van der Waals surface area contributed by atoms with E-state index in [-0.39, 0.29) is 24.0 Å². The van der Waals surface area contributed by atoms with Crippen molar-refractivity contribution < 1.29 is 0 Å². The Labute approximate surface area is 163 Å². The first kappa shape index (κ1) is 19.5. The van der Waals surface area contributed by atoms with E-state index in [1.54, 1.807) is 0 Å². The summed E-state index contributed by atoms with van der Waals surface area (Å²) in [6.45, 7) is 12.0. The number of piperazine rings is 1. The molecule has 0 amide bonds. The number of hydrogen-bond donors (Lipinski definition) is 1. The van der Waals surface area contributed by atoms with Crippen LogP contribution >= 0.6 is 24.0 Å². The summed E-state index contributed by atoms with van der Waals surface area (Å²) in [5.74, 6) is 1.02. The quantitative estimate of drug-likeness (QED) is 0.705. The van der Waals surface area contributed by atoms with Gasteiger partial charge in [-0.3, -0.25) is 9.89 Å². The SMILES string of the molecule is CCN1CCN(Cc2ccccc2CNC2=NCCN2C)CC1.I. The molecule has 1 fully saturated rings. The summed E-state index contributed by atoms with van der Waals surface area (Å²) in [4.78, 5) is 11.8. The molecule has 5 nitrogen and oxygen atoms in total. The molecular weight excluding hydrogens is 413 g/mol. The van der Waals surface area contributed by atoms with Gasteiger partial charge in [0.15, 0.2) is 5.96 Å². The highest BCUT2D eigenvalue weighted by molar-refractivity contribution is 14.0. The third-order valence-corrected chi connectivity index (χ3v) is 4.92. The van der Waals surface area contributed by atoms with Gasteiger partial charge in [-0.1, -0.05) is 31.2 Å². The molecular formula is C18H30IN5. The summed E-state index contributed by atoms with van der Waals surface area (Å²) in [7, 11) is 2.10. The Morgan fingerprint density at radius 3 is 2.29 bits per heavy atom. The molecule has 0 spiro atoms. The molecule has 134 valence electrons. The molecule has 0 aromatic heterocycles. The monoisotopic (exact) mass is 443 g/mol. The summed E-state index contributed by atoms with van der Waals surface area (Å²) in [5, 5.41) is 3.49. The fourth-order valence-corrected chi connectivity index (χ4v) is 3.29. The van der Waals surface area contributed by atoms with E-state index >= 15 is 0 Å². The molecule has 0 bridgehead atoms. The summed E-state index contributed by atoms with van der Waals surface area (Å²) >= 11 is 0. The van der Waals surface area contributed by atoms with Crippen LogP contribution in [0, 0.1) is 0 Å². The van der Waals surface area contributed by atoms with Gasteiger partial charge >= 0.3 is 0 Å². The van der Waals surface area contributed by atoms with Crippen molar-refractivity contribution in [3.8, 4) is 0 Å². The molecule has 0 atom stereocenters. The van der Waals surface area contributed by atoms with Crippen LogP contribution in [0.1, 0.15) is 18.1 Å². The molecule has 2 aliphatic heterocycles. The zero-order valence-electron chi connectivity index (χ0n) is 14.9. The lowest BCUT2D eigenvalue weighted by Gasteiger charge is -2.34. The van der Waals surface area contributed by atoms with Crippen molar-refractivity contribution in [3.05, 3.63) is 35.4 Å². The van der Waals surface area contributed by atoms with Gasteiger partial charge in [0.1, 0.15) is 0 Å². The Bertz CT molecular complexity index is 540. The highest BCUT2D eigenvalue weighted by atomic mass is 127. The van der Waals surface area contributed by atoms with Crippen molar-refractivity contribution in [1.29, 1.82) is 0 Å². The van der Waals surface area contributed by atoms with Gasteiger partial charge in [0.25, 0.3) is 0 Å². The van der Waals surface area contributed by atoms with Crippen molar-refractivity contribution in [2.24, 2.45) is 4.99 Å². The molecule has 1 N–H and O–H groups in total. The maximum atomic E-state index is 4.51. The topological polar surface area (TPSA) is 34.1 Å². The van der Waals surface area contributed by atoms with Gasteiger partial charge < -0.3 is 15.1 Å². The number of hydrogen-bond acceptors (Lipinski definition) is 5. The number of nitrogens with one attached hydrogen (secondary N) is 1. The second kappa shape index (κ2) is 9.58.